The SMILES string of the molecule is COc1ccc(CNC(=O)C2CCCCC2(C)N)c(OC)c1OC. The van der Waals surface area contributed by atoms with Gasteiger partial charge >= 0.3 is 0 Å². The number of hydrogen-bond acceptors (Lipinski definition) is 5. The molecule has 0 heterocycles. The summed E-state index contributed by atoms with van der Waals surface area (Å²) >= 11 is 0. The third kappa shape index (κ3) is 3.75. The van der Waals surface area contributed by atoms with Crippen LogP contribution < -0.4 is 25.3 Å². The number of nitrogens with one attached hydrogen (secondary N) is 1. The third-order valence-corrected chi connectivity index (χ3v) is 4.81. The van der Waals surface area contributed by atoms with Crippen molar-refractivity contribution >= 4 is 5.91 Å². The molecule has 1 amide bonds. The Kier molecular flexibility index (Phi) is 5.94. The molecule has 1 aliphatic carbocycles. The molecule has 6 nitrogen and oxygen atoms in total. The van der Waals surface area contributed by atoms with Crippen LogP contribution in [0.3, 0.4) is 0 Å². The summed E-state index contributed by atoms with van der Waals surface area (Å²) in [7, 11) is 4.70. The van der Waals surface area contributed by atoms with E-state index in [1.807, 2.05) is 13.0 Å². The number of benzene rings is 1. The van der Waals surface area contributed by atoms with Crippen LogP contribution in [0.15, 0.2) is 12.1 Å². The Balaban J connectivity index is 2.12. The van der Waals surface area contributed by atoms with Gasteiger partial charge in [0, 0.05) is 17.6 Å². The van der Waals surface area contributed by atoms with Crippen LogP contribution in [-0.4, -0.2) is 32.8 Å². The predicted molar refractivity (Wildman–Crippen MR) is 92.5 cm³/mol. The molecule has 3 N–H and O–H groups in total. The first-order chi connectivity index (χ1) is 11.4. The molecule has 24 heavy (non-hydrogen) atoms. The van der Waals surface area contributed by atoms with E-state index >= 15 is 0 Å². The zero-order valence-corrected chi connectivity index (χ0v) is 15.0. The van der Waals surface area contributed by atoms with Crippen LogP contribution in [0.4, 0.5) is 0 Å². The highest BCUT2D eigenvalue weighted by Crippen LogP contribution is 2.39. The van der Waals surface area contributed by atoms with Crippen LogP contribution in [0.5, 0.6) is 17.2 Å². The zero-order valence-electron chi connectivity index (χ0n) is 15.0. The monoisotopic (exact) mass is 336 g/mol. The van der Waals surface area contributed by atoms with E-state index in [0.29, 0.717) is 23.8 Å². The molecule has 6 heteroatoms. The van der Waals surface area contributed by atoms with Crippen molar-refractivity contribution < 1.29 is 19.0 Å². The van der Waals surface area contributed by atoms with E-state index in [1.54, 1.807) is 27.4 Å². The molecule has 1 fully saturated rings. The fraction of sp³-hybridized carbons (Fsp3) is 0.611. The van der Waals surface area contributed by atoms with Gasteiger partial charge in [-0.05, 0) is 31.9 Å². The minimum Gasteiger partial charge on any atom is -0.493 e. The lowest BCUT2D eigenvalue weighted by atomic mass is 9.74. The Bertz CT molecular complexity index is 587. The molecule has 1 aliphatic rings. The van der Waals surface area contributed by atoms with Crippen LogP contribution >= 0.6 is 0 Å². The van der Waals surface area contributed by atoms with E-state index in [-0.39, 0.29) is 11.8 Å². The van der Waals surface area contributed by atoms with Gasteiger partial charge in [-0.3, -0.25) is 4.79 Å². The maximum absolute atomic E-state index is 12.6. The summed E-state index contributed by atoms with van der Waals surface area (Å²) in [5, 5.41) is 2.99. The van der Waals surface area contributed by atoms with Gasteiger partial charge in [-0.2, -0.15) is 0 Å². The van der Waals surface area contributed by atoms with Gasteiger partial charge in [0.25, 0.3) is 0 Å². The highest BCUT2D eigenvalue weighted by molar-refractivity contribution is 5.80. The Hall–Kier alpha value is -1.95. The van der Waals surface area contributed by atoms with Crippen molar-refractivity contribution in [3.05, 3.63) is 17.7 Å². The maximum Gasteiger partial charge on any atom is 0.225 e. The average molecular weight is 336 g/mol. The molecule has 1 saturated carbocycles. The number of carbonyl (C=O) groups is 1. The second-order valence-electron chi connectivity index (χ2n) is 6.52. The van der Waals surface area contributed by atoms with Crippen molar-refractivity contribution in [2.45, 2.75) is 44.7 Å². The lowest BCUT2D eigenvalue weighted by Crippen LogP contribution is -2.52. The number of amides is 1. The van der Waals surface area contributed by atoms with Crippen molar-refractivity contribution in [1.29, 1.82) is 0 Å². The van der Waals surface area contributed by atoms with Crippen LogP contribution in [-0.2, 0) is 11.3 Å². The molecular weight excluding hydrogens is 308 g/mol. The van der Waals surface area contributed by atoms with Crippen molar-refractivity contribution in [2.24, 2.45) is 11.7 Å². The molecule has 2 atom stereocenters. The van der Waals surface area contributed by atoms with Crippen LogP contribution in [0.2, 0.25) is 0 Å². The number of carbonyl (C=O) groups excluding carboxylic acids is 1. The molecule has 1 aromatic carbocycles. The van der Waals surface area contributed by atoms with Crippen molar-refractivity contribution in [3.8, 4) is 17.2 Å². The summed E-state index contributed by atoms with van der Waals surface area (Å²) in [6.07, 6.45) is 3.84. The zero-order chi connectivity index (χ0) is 17.7. The lowest BCUT2D eigenvalue weighted by Gasteiger charge is -2.37. The molecule has 0 bridgehead atoms. The lowest BCUT2D eigenvalue weighted by molar-refractivity contribution is -0.128. The molecule has 0 saturated heterocycles. The summed E-state index contributed by atoms with van der Waals surface area (Å²) < 4.78 is 16.1. The normalized spacial score (nSPS) is 23.5. The van der Waals surface area contributed by atoms with Crippen LogP contribution in [0.1, 0.15) is 38.2 Å². The van der Waals surface area contributed by atoms with Gasteiger partial charge in [0.2, 0.25) is 11.7 Å². The first-order valence-electron chi connectivity index (χ1n) is 8.29. The molecule has 1 aromatic rings. The smallest absolute Gasteiger partial charge is 0.225 e. The molecular formula is C18H28N2O4. The van der Waals surface area contributed by atoms with E-state index in [1.165, 1.54) is 0 Å². The topological polar surface area (TPSA) is 82.8 Å². The number of ether oxygens (including phenoxy) is 3. The van der Waals surface area contributed by atoms with Gasteiger partial charge in [0.05, 0.1) is 27.2 Å². The number of rotatable bonds is 6. The molecule has 2 unspecified atom stereocenters. The molecule has 0 radical (unpaired) electrons. The second kappa shape index (κ2) is 7.75. The van der Waals surface area contributed by atoms with Crippen molar-refractivity contribution in [1.82, 2.24) is 5.32 Å². The summed E-state index contributed by atoms with van der Waals surface area (Å²) in [5.41, 5.74) is 6.70. The van der Waals surface area contributed by atoms with E-state index in [2.05, 4.69) is 5.32 Å². The van der Waals surface area contributed by atoms with E-state index in [0.717, 1.165) is 31.2 Å². The van der Waals surface area contributed by atoms with Crippen molar-refractivity contribution in [2.75, 3.05) is 21.3 Å². The second-order valence-corrected chi connectivity index (χ2v) is 6.52. The molecule has 0 aliphatic heterocycles. The first kappa shape index (κ1) is 18.4. The number of nitrogens with two attached hydrogens (primary N) is 1. The van der Waals surface area contributed by atoms with Gasteiger partial charge in [0.15, 0.2) is 11.5 Å². The Morgan fingerprint density at radius 1 is 1.21 bits per heavy atom. The largest absolute Gasteiger partial charge is 0.493 e. The quantitative estimate of drug-likeness (QED) is 0.832. The fourth-order valence-corrected chi connectivity index (χ4v) is 3.40. The van der Waals surface area contributed by atoms with E-state index in [4.69, 9.17) is 19.9 Å². The minimum atomic E-state index is -0.440. The van der Waals surface area contributed by atoms with E-state index < -0.39 is 5.54 Å². The Labute approximate surface area is 143 Å². The molecule has 0 spiro atoms. The standard InChI is InChI=1S/C18H28N2O4/c1-18(19)10-6-5-7-13(18)17(21)20-11-12-8-9-14(22-2)16(24-4)15(12)23-3/h8-9,13H,5-7,10-11,19H2,1-4H3,(H,20,21). The summed E-state index contributed by atoms with van der Waals surface area (Å²) in [6, 6.07) is 3.67. The van der Waals surface area contributed by atoms with Gasteiger partial charge < -0.3 is 25.3 Å². The van der Waals surface area contributed by atoms with Gasteiger partial charge in [-0.15, -0.1) is 0 Å². The molecule has 134 valence electrons. The maximum atomic E-state index is 12.6. The number of hydrogen-bond donors (Lipinski definition) is 2. The number of methoxy groups -OCH3 is 3. The van der Waals surface area contributed by atoms with E-state index in [9.17, 15) is 4.79 Å². The highest BCUT2D eigenvalue weighted by atomic mass is 16.5. The first-order valence-corrected chi connectivity index (χ1v) is 8.29. The Morgan fingerprint density at radius 2 is 1.92 bits per heavy atom. The highest BCUT2D eigenvalue weighted by Gasteiger charge is 2.37. The molecule has 2 rings (SSSR count). The van der Waals surface area contributed by atoms with Crippen LogP contribution in [0.25, 0.3) is 0 Å². The summed E-state index contributed by atoms with van der Waals surface area (Å²) in [6.45, 7) is 2.32. The molecule has 0 aromatic heterocycles. The fourth-order valence-electron chi connectivity index (χ4n) is 3.40. The van der Waals surface area contributed by atoms with Crippen molar-refractivity contribution in [3.63, 3.8) is 0 Å². The Morgan fingerprint density at radius 3 is 2.50 bits per heavy atom. The van der Waals surface area contributed by atoms with Crippen LogP contribution in [0, 0.1) is 5.92 Å². The van der Waals surface area contributed by atoms with Gasteiger partial charge in [-0.25, -0.2) is 0 Å². The summed E-state index contributed by atoms with van der Waals surface area (Å²) in [4.78, 5) is 12.6. The minimum absolute atomic E-state index is 0.00321. The van der Waals surface area contributed by atoms with Gasteiger partial charge in [-0.1, -0.05) is 12.8 Å². The summed E-state index contributed by atoms with van der Waals surface area (Å²) in [5.74, 6) is 1.52. The third-order valence-electron chi connectivity index (χ3n) is 4.81. The van der Waals surface area contributed by atoms with Gasteiger partial charge in [0.1, 0.15) is 0 Å². The predicted octanol–water partition coefficient (Wildman–Crippen LogP) is 2.24. The average Bonchev–Trinajstić information content (AvgIpc) is 2.58.